The van der Waals surface area contributed by atoms with E-state index in [0.29, 0.717) is 24.5 Å². The number of hydrogen-bond acceptors (Lipinski definition) is 3. The lowest BCUT2D eigenvalue weighted by Crippen LogP contribution is -2.31. The number of aryl methyl sites for hydroxylation is 1. The van der Waals surface area contributed by atoms with Crippen LogP contribution in [0.3, 0.4) is 0 Å². The number of Topliss-reactive ketones (excluding diaryl/α,β-unsaturated/α-hetero) is 1. The van der Waals surface area contributed by atoms with Gasteiger partial charge in [0.1, 0.15) is 5.78 Å². The summed E-state index contributed by atoms with van der Waals surface area (Å²) in [7, 11) is 0. The second kappa shape index (κ2) is 5.96. The molecule has 1 aliphatic rings. The smallest absolute Gasteiger partial charge is 0.137 e. The summed E-state index contributed by atoms with van der Waals surface area (Å²) in [5.41, 5.74) is 1.04. The van der Waals surface area contributed by atoms with Gasteiger partial charge in [0.25, 0.3) is 0 Å². The fourth-order valence-electron chi connectivity index (χ4n) is 2.39. The molecule has 1 saturated heterocycles. The molecule has 2 heterocycles. The Morgan fingerprint density at radius 1 is 1.65 bits per heavy atom. The van der Waals surface area contributed by atoms with Gasteiger partial charge in [0, 0.05) is 25.6 Å². The predicted octanol–water partition coefficient (Wildman–Crippen LogP) is 1.40. The lowest BCUT2D eigenvalue weighted by atomic mass is 9.92. The van der Waals surface area contributed by atoms with Crippen molar-refractivity contribution in [3.8, 4) is 0 Å². The van der Waals surface area contributed by atoms with Gasteiger partial charge in [0.15, 0.2) is 0 Å². The van der Waals surface area contributed by atoms with Crippen LogP contribution in [0.5, 0.6) is 0 Å². The molecule has 0 radical (unpaired) electrons. The molecule has 94 valence electrons. The van der Waals surface area contributed by atoms with E-state index >= 15 is 0 Å². The summed E-state index contributed by atoms with van der Waals surface area (Å²) in [4.78, 5) is 11.9. The highest BCUT2D eigenvalue weighted by Gasteiger charge is 2.17. The van der Waals surface area contributed by atoms with Crippen LogP contribution in [0.1, 0.15) is 31.7 Å². The zero-order chi connectivity index (χ0) is 12.1. The van der Waals surface area contributed by atoms with Crippen LogP contribution in [0, 0.1) is 5.92 Å². The number of rotatable bonds is 5. The summed E-state index contributed by atoms with van der Waals surface area (Å²) >= 11 is 0. The van der Waals surface area contributed by atoms with E-state index in [1.807, 2.05) is 17.8 Å². The van der Waals surface area contributed by atoms with Crippen molar-refractivity contribution in [1.82, 2.24) is 15.1 Å². The lowest BCUT2D eigenvalue weighted by molar-refractivity contribution is -0.119. The molecule has 1 fully saturated rings. The minimum atomic E-state index is 0.342. The van der Waals surface area contributed by atoms with Crippen LogP contribution in [-0.2, 0) is 17.8 Å². The van der Waals surface area contributed by atoms with Crippen LogP contribution < -0.4 is 5.32 Å². The molecule has 0 spiro atoms. The van der Waals surface area contributed by atoms with Crippen LogP contribution in [0.4, 0.5) is 0 Å². The molecule has 17 heavy (non-hydrogen) atoms. The van der Waals surface area contributed by atoms with Crippen molar-refractivity contribution in [1.29, 1.82) is 0 Å². The maximum absolute atomic E-state index is 11.9. The number of carbonyl (C=O) groups excluding carboxylic acids is 1. The van der Waals surface area contributed by atoms with Crippen LogP contribution in [0.2, 0.25) is 0 Å². The van der Waals surface area contributed by atoms with Crippen molar-refractivity contribution in [2.45, 2.75) is 39.2 Å². The lowest BCUT2D eigenvalue weighted by Gasteiger charge is -2.21. The molecule has 1 aromatic heterocycles. The Morgan fingerprint density at radius 3 is 3.18 bits per heavy atom. The first-order valence-electron chi connectivity index (χ1n) is 6.51. The summed E-state index contributed by atoms with van der Waals surface area (Å²) in [5.74, 6) is 0.881. The Morgan fingerprint density at radius 2 is 2.53 bits per heavy atom. The third-order valence-electron chi connectivity index (χ3n) is 3.33. The number of carbonyl (C=O) groups is 1. The highest BCUT2D eigenvalue weighted by atomic mass is 16.1. The maximum Gasteiger partial charge on any atom is 0.137 e. The average Bonchev–Trinajstić information content (AvgIpc) is 2.78. The van der Waals surface area contributed by atoms with Crippen LogP contribution >= 0.6 is 0 Å². The summed E-state index contributed by atoms with van der Waals surface area (Å²) < 4.78 is 1.87. The van der Waals surface area contributed by atoms with Crippen molar-refractivity contribution in [2.75, 3.05) is 13.1 Å². The van der Waals surface area contributed by atoms with Crippen molar-refractivity contribution in [3.63, 3.8) is 0 Å². The highest BCUT2D eigenvalue weighted by molar-refractivity contribution is 5.80. The molecular formula is C13H21N3O. The predicted molar refractivity (Wildman–Crippen MR) is 66.8 cm³/mol. The van der Waals surface area contributed by atoms with Gasteiger partial charge in [0.05, 0.1) is 6.20 Å². The largest absolute Gasteiger partial charge is 0.316 e. The van der Waals surface area contributed by atoms with Gasteiger partial charge in [-0.05, 0) is 44.3 Å². The number of ketones is 1. The first-order chi connectivity index (χ1) is 8.28. The number of nitrogens with one attached hydrogen (secondary N) is 1. The highest BCUT2D eigenvalue weighted by Crippen LogP contribution is 2.15. The normalized spacial score (nSPS) is 20.4. The third kappa shape index (κ3) is 3.66. The van der Waals surface area contributed by atoms with Gasteiger partial charge in [-0.3, -0.25) is 9.48 Å². The number of aromatic nitrogens is 2. The number of hydrogen-bond donors (Lipinski definition) is 1. The van der Waals surface area contributed by atoms with Gasteiger partial charge in [-0.2, -0.15) is 5.10 Å². The molecule has 0 saturated carbocycles. The van der Waals surface area contributed by atoms with Crippen LogP contribution in [-0.4, -0.2) is 28.7 Å². The quantitative estimate of drug-likeness (QED) is 0.839. The number of piperidine rings is 1. The zero-order valence-electron chi connectivity index (χ0n) is 10.5. The van der Waals surface area contributed by atoms with Gasteiger partial charge in [-0.1, -0.05) is 0 Å². The molecule has 1 unspecified atom stereocenters. The monoisotopic (exact) mass is 235 g/mol. The van der Waals surface area contributed by atoms with E-state index in [2.05, 4.69) is 10.4 Å². The zero-order valence-corrected chi connectivity index (χ0v) is 10.5. The average molecular weight is 235 g/mol. The van der Waals surface area contributed by atoms with Gasteiger partial charge in [-0.25, -0.2) is 0 Å². The van der Waals surface area contributed by atoms with Gasteiger partial charge < -0.3 is 5.32 Å². The molecule has 4 heteroatoms. The first kappa shape index (κ1) is 12.3. The molecule has 0 amide bonds. The van der Waals surface area contributed by atoms with Gasteiger partial charge in [-0.15, -0.1) is 0 Å². The van der Waals surface area contributed by atoms with E-state index in [1.54, 1.807) is 6.20 Å². The maximum atomic E-state index is 11.9. The Hall–Kier alpha value is -1.16. The van der Waals surface area contributed by atoms with Crippen LogP contribution in [0.25, 0.3) is 0 Å². The molecule has 1 atom stereocenters. The van der Waals surface area contributed by atoms with E-state index in [0.717, 1.165) is 25.2 Å². The summed E-state index contributed by atoms with van der Waals surface area (Å²) in [6, 6.07) is 0. The van der Waals surface area contributed by atoms with E-state index in [4.69, 9.17) is 0 Å². The fourth-order valence-corrected chi connectivity index (χ4v) is 2.39. The number of nitrogens with zero attached hydrogens (tertiary/aromatic N) is 2. The molecule has 1 N–H and O–H groups in total. The van der Waals surface area contributed by atoms with E-state index in [1.165, 1.54) is 12.8 Å². The third-order valence-corrected chi connectivity index (χ3v) is 3.33. The molecule has 0 aromatic carbocycles. The SMILES string of the molecule is CCn1cc(CC(=O)CC2CCCNC2)cn1. The van der Waals surface area contributed by atoms with Crippen molar-refractivity contribution in [3.05, 3.63) is 18.0 Å². The molecule has 1 aromatic rings. The minimum absolute atomic E-state index is 0.342. The topological polar surface area (TPSA) is 46.9 Å². The minimum Gasteiger partial charge on any atom is -0.316 e. The second-order valence-corrected chi connectivity index (χ2v) is 4.84. The molecule has 0 bridgehead atoms. The molecule has 0 aliphatic carbocycles. The van der Waals surface area contributed by atoms with E-state index < -0.39 is 0 Å². The van der Waals surface area contributed by atoms with E-state index in [-0.39, 0.29) is 0 Å². The van der Waals surface area contributed by atoms with Crippen molar-refractivity contribution >= 4 is 5.78 Å². The Labute approximate surface area is 102 Å². The Balaban J connectivity index is 1.79. The molecule has 1 aliphatic heterocycles. The molecular weight excluding hydrogens is 214 g/mol. The standard InChI is InChI=1S/C13H21N3O/c1-2-16-10-12(9-15-16)7-13(17)6-11-4-3-5-14-8-11/h9-11,14H,2-8H2,1H3. The summed E-state index contributed by atoms with van der Waals surface area (Å²) in [6.45, 7) is 5.01. The second-order valence-electron chi connectivity index (χ2n) is 4.84. The Kier molecular flexibility index (Phi) is 4.31. The van der Waals surface area contributed by atoms with E-state index in [9.17, 15) is 4.79 Å². The Bertz CT molecular complexity index is 366. The first-order valence-corrected chi connectivity index (χ1v) is 6.51. The fraction of sp³-hybridized carbons (Fsp3) is 0.692. The molecule has 4 nitrogen and oxygen atoms in total. The summed E-state index contributed by atoms with van der Waals surface area (Å²) in [5, 5.41) is 7.54. The van der Waals surface area contributed by atoms with Gasteiger partial charge >= 0.3 is 0 Å². The van der Waals surface area contributed by atoms with Crippen molar-refractivity contribution in [2.24, 2.45) is 5.92 Å². The summed E-state index contributed by atoms with van der Waals surface area (Å²) in [6.07, 6.45) is 7.41. The van der Waals surface area contributed by atoms with Crippen molar-refractivity contribution < 1.29 is 4.79 Å². The van der Waals surface area contributed by atoms with Crippen LogP contribution in [0.15, 0.2) is 12.4 Å². The van der Waals surface area contributed by atoms with Gasteiger partial charge in [0.2, 0.25) is 0 Å². The molecule has 2 rings (SSSR count).